The zero-order valence-corrected chi connectivity index (χ0v) is 22.9. The fourth-order valence-corrected chi connectivity index (χ4v) is 4.68. The average molecular weight is 577 g/mol. The zero-order valence-electron chi connectivity index (χ0n) is 22.9. The Bertz CT molecular complexity index is 1580. The van der Waals surface area contributed by atoms with Gasteiger partial charge in [0.1, 0.15) is 5.69 Å². The molecule has 3 aromatic carbocycles. The van der Waals surface area contributed by atoms with Crippen molar-refractivity contribution in [2.75, 3.05) is 17.2 Å². The van der Waals surface area contributed by atoms with Gasteiger partial charge in [0.25, 0.3) is 5.91 Å². The van der Waals surface area contributed by atoms with Crippen LogP contribution in [-0.4, -0.2) is 28.1 Å². The van der Waals surface area contributed by atoms with Crippen molar-refractivity contribution in [3.63, 3.8) is 0 Å². The number of anilines is 2. The third-order valence-corrected chi connectivity index (χ3v) is 6.97. The Kier molecular flexibility index (Phi) is 8.41. The summed E-state index contributed by atoms with van der Waals surface area (Å²) in [6, 6.07) is 21.8. The van der Waals surface area contributed by atoms with Gasteiger partial charge in [0.15, 0.2) is 5.69 Å². The largest absolute Gasteiger partial charge is 0.435 e. The van der Waals surface area contributed by atoms with Crippen molar-refractivity contribution >= 4 is 23.2 Å². The highest BCUT2D eigenvalue weighted by atomic mass is 19.4. The number of halogens is 3. The Morgan fingerprint density at radius 2 is 1.69 bits per heavy atom. The van der Waals surface area contributed by atoms with Crippen LogP contribution < -0.4 is 21.7 Å². The highest BCUT2D eigenvalue weighted by molar-refractivity contribution is 6.03. The molecule has 0 aliphatic heterocycles. The molecular formula is C31H31F3N6O2. The van der Waals surface area contributed by atoms with E-state index < -0.39 is 17.8 Å². The first-order valence-electron chi connectivity index (χ1n) is 13.6. The van der Waals surface area contributed by atoms with Gasteiger partial charge in [0.05, 0.1) is 11.7 Å². The summed E-state index contributed by atoms with van der Waals surface area (Å²) in [5, 5.41) is 12.8. The monoisotopic (exact) mass is 576 g/mol. The molecule has 42 heavy (non-hydrogen) atoms. The summed E-state index contributed by atoms with van der Waals surface area (Å²) in [4.78, 5) is 24.8. The maximum Gasteiger partial charge on any atom is 0.435 e. The van der Waals surface area contributed by atoms with E-state index in [4.69, 9.17) is 5.73 Å². The van der Waals surface area contributed by atoms with Crippen LogP contribution in [0.2, 0.25) is 0 Å². The summed E-state index contributed by atoms with van der Waals surface area (Å²) in [6.07, 6.45) is -2.40. The quantitative estimate of drug-likeness (QED) is 0.195. The molecule has 0 radical (unpaired) electrons. The molecule has 1 fully saturated rings. The molecule has 218 valence electrons. The van der Waals surface area contributed by atoms with Gasteiger partial charge in [0.2, 0.25) is 5.91 Å². The minimum atomic E-state index is -4.73. The molecule has 8 nitrogen and oxygen atoms in total. The predicted octanol–water partition coefficient (Wildman–Crippen LogP) is 5.65. The molecule has 0 bridgehead atoms. The lowest BCUT2D eigenvalue weighted by molar-refractivity contribution is -0.141. The summed E-state index contributed by atoms with van der Waals surface area (Å²) in [5.74, 6) is -0.296. The molecule has 5 N–H and O–H groups in total. The molecule has 2 amide bonds. The van der Waals surface area contributed by atoms with Gasteiger partial charge < -0.3 is 21.7 Å². The van der Waals surface area contributed by atoms with Gasteiger partial charge in [-0.05, 0) is 78.4 Å². The molecule has 0 saturated heterocycles. The van der Waals surface area contributed by atoms with E-state index in [1.165, 1.54) is 19.8 Å². The van der Waals surface area contributed by atoms with E-state index in [1.807, 2.05) is 30.3 Å². The Morgan fingerprint density at radius 1 is 0.952 bits per heavy atom. The first kappa shape index (κ1) is 29.0. The van der Waals surface area contributed by atoms with Gasteiger partial charge in [-0.2, -0.15) is 18.3 Å². The van der Waals surface area contributed by atoms with Crippen molar-refractivity contribution in [3.05, 3.63) is 107 Å². The molecule has 5 rings (SSSR count). The Morgan fingerprint density at radius 3 is 2.36 bits per heavy atom. The average Bonchev–Trinajstić information content (AvgIpc) is 3.67. The number of carbonyl (C=O) groups excluding carboxylic acids is 2. The number of benzene rings is 3. The fourth-order valence-electron chi connectivity index (χ4n) is 4.68. The van der Waals surface area contributed by atoms with E-state index in [0.29, 0.717) is 28.5 Å². The van der Waals surface area contributed by atoms with Crippen molar-refractivity contribution in [1.29, 1.82) is 0 Å². The number of hydrogen-bond donors (Lipinski definition) is 4. The van der Waals surface area contributed by atoms with Crippen molar-refractivity contribution in [2.24, 2.45) is 11.7 Å². The lowest BCUT2D eigenvalue weighted by Crippen LogP contribution is -2.25. The molecule has 1 aromatic heterocycles. The number of nitrogens with one attached hydrogen (secondary N) is 3. The third-order valence-electron chi connectivity index (χ3n) is 6.97. The van der Waals surface area contributed by atoms with E-state index in [9.17, 15) is 22.8 Å². The molecule has 1 aliphatic rings. The van der Waals surface area contributed by atoms with Crippen LogP contribution >= 0.6 is 0 Å². The smallest absolute Gasteiger partial charge is 0.326 e. The number of aromatic nitrogens is 2. The molecule has 1 heterocycles. The van der Waals surface area contributed by atoms with Gasteiger partial charge in [0, 0.05) is 30.9 Å². The summed E-state index contributed by atoms with van der Waals surface area (Å²) in [7, 11) is 0. The van der Waals surface area contributed by atoms with Gasteiger partial charge in [-0.3, -0.25) is 9.59 Å². The van der Waals surface area contributed by atoms with Crippen LogP contribution in [0.25, 0.3) is 5.69 Å². The predicted molar refractivity (Wildman–Crippen MR) is 154 cm³/mol. The van der Waals surface area contributed by atoms with Crippen molar-refractivity contribution in [1.82, 2.24) is 15.1 Å². The van der Waals surface area contributed by atoms with Crippen LogP contribution in [0, 0.1) is 5.92 Å². The summed E-state index contributed by atoms with van der Waals surface area (Å²) in [5.41, 5.74) is 8.17. The second-order valence-electron chi connectivity index (χ2n) is 10.4. The standard InChI is InChI=1S/C31H31F3N6O2/c1-19(41)37-24-12-10-22(11-13-24)29(36-18-20-8-9-20)23-5-3-6-25(15-23)38-30(42)27-16-28(31(32,33)34)39-40(27)26-7-2-4-21(14-26)17-35/h2-7,10-16,20,29,36H,8-9,17-18,35H2,1H3,(H,37,41)(H,38,42). The number of carbonyl (C=O) groups is 2. The number of nitrogens with two attached hydrogens (primary N) is 1. The second-order valence-corrected chi connectivity index (χ2v) is 10.4. The van der Waals surface area contributed by atoms with E-state index >= 15 is 0 Å². The van der Waals surface area contributed by atoms with Crippen LogP contribution in [0.4, 0.5) is 24.5 Å². The Hall–Kier alpha value is -4.48. The van der Waals surface area contributed by atoms with Crippen LogP contribution in [0.1, 0.15) is 58.7 Å². The zero-order chi connectivity index (χ0) is 29.9. The first-order valence-corrected chi connectivity index (χ1v) is 13.6. The topological polar surface area (TPSA) is 114 Å². The number of rotatable bonds is 10. The number of hydrogen-bond acceptors (Lipinski definition) is 5. The normalized spacial score (nSPS) is 13.9. The molecule has 0 spiro atoms. The van der Waals surface area contributed by atoms with Crippen LogP contribution in [0.15, 0.2) is 78.9 Å². The van der Waals surface area contributed by atoms with Crippen molar-refractivity contribution in [3.8, 4) is 5.69 Å². The van der Waals surface area contributed by atoms with Gasteiger partial charge in [-0.1, -0.05) is 36.4 Å². The van der Waals surface area contributed by atoms with Crippen LogP contribution in [0.5, 0.6) is 0 Å². The lowest BCUT2D eigenvalue weighted by atomic mass is 9.97. The number of alkyl halides is 3. The minimum Gasteiger partial charge on any atom is -0.326 e. The summed E-state index contributed by atoms with van der Waals surface area (Å²) in [6.45, 7) is 2.44. The number of amides is 2. The molecular weight excluding hydrogens is 545 g/mol. The number of nitrogens with zero attached hydrogens (tertiary/aromatic N) is 2. The van der Waals surface area contributed by atoms with Crippen LogP contribution in [0.3, 0.4) is 0 Å². The van der Waals surface area contributed by atoms with Gasteiger partial charge in [-0.25, -0.2) is 4.68 Å². The molecule has 1 saturated carbocycles. The highest BCUT2D eigenvalue weighted by Crippen LogP contribution is 2.32. The maximum absolute atomic E-state index is 13.6. The summed E-state index contributed by atoms with van der Waals surface area (Å²) >= 11 is 0. The van der Waals surface area contributed by atoms with Crippen LogP contribution in [-0.2, 0) is 17.5 Å². The maximum atomic E-state index is 13.6. The molecule has 11 heteroatoms. The molecule has 1 atom stereocenters. The van der Waals surface area contributed by atoms with Crippen molar-refractivity contribution in [2.45, 2.75) is 38.5 Å². The Balaban J connectivity index is 1.43. The highest BCUT2D eigenvalue weighted by Gasteiger charge is 2.36. The second kappa shape index (κ2) is 12.2. The Labute approximate surface area is 241 Å². The molecule has 1 unspecified atom stereocenters. The lowest BCUT2D eigenvalue weighted by Gasteiger charge is -2.21. The van der Waals surface area contributed by atoms with Gasteiger partial charge >= 0.3 is 6.18 Å². The van der Waals surface area contributed by atoms with E-state index in [-0.39, 0.29) is 24.2 Å². The molecule has 4 aromatic rings. The van der Waals surface area contributed by atoms with Crippen molar-refractivity contribution < 1.29 is 22.8 Å². The van der Waals surface area contributed by atoms with E-state index in [0.717, 1.165) is 28.4 Å². The van der Waals surface area contributed by atoms with E-state index in [1.54, 1.807) is 42.5 Å². The summed E-state index contributed by atoms with van der Waals surface area (Å²) < 4.78 is 41.8. The fraction of sp³-hybridized carbons (Fsp3) is 0.258. The third kappa shape index (κ3) is 7.04. The minimum absolute atomic E-state index is 0.162. The first-order chi connectivity index (χ1) is 20.1. The van der Waals surface area contributed by atoms with E-state index in [2.05, 4.69) is 21.0 Å². The SMILES string of the molecule is CC(=O)Nc1ccc(C(NCC2CC2)c2cccc(NC(=O)c3cc(C(F)(F)F)nn3-c3cccc(CN)c3)c2)cc1. The van der Waals surface area contributed by atoms with Gasteiger partial charge in [-0.15, -0.1) is 0 Å². The molecule has 1 aliphatic carbocycles.